The Kier molecular flexibility index (Phi) is 5.19. The fraction of sp³-hybridized carbons (Fsp3) is 0.190. The van der Waals surface area contributed by atoms with Crippen LogP contribution >= 0.6 is 0 Å². The van der Waals surface area contributed by atoms with Gasteiger partial charge in [-0.25, -0.2) is 5.43 Å². The number of aryl methyl sites for hydroxylation is 1. The maximum absolute atomic E-state index is 12.7. The Morgan fingerprint density at radius 1 is 1.08 bits per heavy atom. The van der Waals surface area contributed by atoms with Gasteiger partial charge in [-0.1, -0.05) is 61.9 Å². The molecule has 4 nitrogen and oxygen atoms in total. The largest absolute Gasteiger partial charge is 0.272 e. The van der Waals surface area contributed by atoms with E-state index < -0.39 is 0 Å². The lowest BCUT2D eigenvalue weighted by atomic mass is 10.1. The van der Waals surface area contributed by atoms with E-state index in [0.717, 1.165) is 40.7 Å². The van der Waals surface area contributed by atoms with Crippen molar-refractivity contribution < 1.29 is 4.79 Å². The zero-order valence-corrected chi connectivity index (χ0v) is 14.5. The first kappa shape index (κ1) is 16.8. The topological polar surface area (TPSA) is 54.4 Å². The van der Waals surface area contributed by atoms with E-state index in [9.17, 15) is 4.79 Å². The molecule has 0 unspecified atom stereocenters. The second-order valence-corrected chi connectivity index (χ2v) is 5.94. The van der Waals surface area contributed by atoms with Gasteiger partial charge >= 0.3 is 0 Å². The molecule has 3 rings (SSSR count). The van der Waals surface area contributed by atoms with E-state index in [-0.39, 0.29) is 5.91 Å². The molecule has 0 saturated carbocycles. The number of hydrogen-bond donors (Lipinski definition) is 1. The molecule has 0 spiro atoms. The molecule has 0 saturated heterocycles. The average molecular weight is 331 g/mol. The summed E-state index contributed by atoms with van der Waals surface area (Å²) in [4.78, 5) is 17.2. The third-order valence-electron chi connectivity index (χ3n) is 3.98. The number of hydrazone groups is 1. The van der Waals surface area contributed by atoms with E-state index in [1.807, 2.05) is 61.5 Å². The SMILES string of the molecule is CCC/C(=N/NC(=O)c1cc(C)nc2ccccc12)c1ccccc1. The molecule has 0 aliphatic heterocycles. The minimum Gasteiger partial charge on any atom is -0.267 e. The highest BCUT2D eigenvalue weighted by Gasteiger charge is 2.12. The van der Waals surface area contributed by atoms with Crippen molar-refractivity contribution >= 4 is 22.5 Å². The van der Waals surface area contributed by atoms with Crippen LogP contribution in [-0.4, -0.2) is 16.6 Å². The van der Waals surface area contributed by atoms with Gasteiger partial charge in [-0.2, -0.15) is 5.10 Å². The number of nitrogens with zero attached hydrogens (tertiary/aromatic N) is 2. The third-order valence-corrected chi connectivity index (χ3v) is 3.98. The van der Waals surface area contributed by atoms with Crippen molar-refractivity contribution in [1.29, 1.82) is 0 Å². The number of nitrogens with one attached hydrogen (secondary N) is 1. The van der Waals surface area contributed by atoms with Crippen molar-refractivity contribution in [1.82, 2.24) is 10.4 Å². The summed E-state index contributed by atoms with van der Waals surface area (Å²) >= 11 is 0. The number of hydrogen-bond acceptors (Lipinski definition) is 3. The molecular weight excluding hydrogens is 310 g/mol. The Balaban J connectivity index is 1.91. The van der Waals surface area contributed by atoms with Crippen molar-refractivity contribution in [3.8, 4) is 0 Å². The van der Waals surface area contributed by atoms with Crippen LogP contribution in [0, 0.1) is 6.92 Å². The Morgan fingerprint density at radius 3 is 2.56 bits per heavy atom. The summed E-state index contributed by atoms with van der Waals surface area (Å²) in [5, 5.41) is 5.22. The maximum Gasteiger partial charge on any atom is 0.272 e. The van der Waals surface area contributed by atoms with Gasteiger partial charge < -0.3 is 0 Å². The molecule has 126 valence electrons. The maximum atomic E-state index is 12.7. The molecule has 0 radical (unpaired) electrons. The Labute approximate surface area is 147 Å². The van der Waals surface area contributed by atoms with Crippen molar-refractivity contribution in [2.75, 3.05) is 0 Å². The van der Waals surface area contributed by atoms with Crippen molar-refractivity contribution in [3.05, 3.63) is 77.5 Å². The zero-order valence-electron chi connectivity index (χ0n) is 14.5. The predicted octanol–water partition coefficient (Wildman–Crippen LogP) is 4.48. The van der Waals surface area contributed by atoms with E-state index in [1.165, 1.54) is 0 Å². The molecule has 25 heavy (non-hydrogen) atoms. The smallest absolute Gasteiger partial charge is 0.267 e. The lowest BCUT2D eigenvalue weighted by Gasteiger charge is -2.09. The first-order valence-electron chi connectivity index (χ1n) is 8.47. The lowest BCUT2D eigenvalue weighted by Crippen LogP contribution is -2.21. The van der Waals surface area contributed by atoms with Crippen LogP contribution in [0.5, 0.6) is 0 Å². The number of carbonyl (C=O) groups excluding carboxylic acids is 1. The highest BCUT2D eigenvalue weighted by Crippen LogP contribution is 2.18. The van der Waals surface area contributed by atoms with Gasteiger partial charge in [0, 0.05) is 11.1 Å². The molecule has 0 bridgehead atoms. The molecule has 0 fully saturated rings. The van der Waals surface area contributed by atoms with E-state index in [4.69, 9.17) is 0 Å². The van der Waals surface area contributed by atoms with Crippen LogP contribution in [-0.2, 0) is 0 Å². The molecule has 0 aliphatic carbocycles. The van der Waals surface area contributed by atoms with Crippen LogP contribution in [0.15, 0.2) is 65.8 Å². The summed E-state index contributed by atoms with van der Waals surface area (Å²) < 4.78 is 0. The Hall–Kier alpha value is -3.01. The summed E-state index contributed by atoms with van der Waals surface area (Å²) in [5.74, 6) is -0.216. The molecule has 2 aromatic carbocycles. The fourth-order valence-corrected chi connectivity index (χ4v) is 2.81. The fourth-order valence-electron chi connectivity index (χ4n) is 2.81. The first-order chi connectivity index (χ1) is 12.2. The Bertz CT molecular complexity index is 917. The highest BCUT2D eigenvalue weighted by atomic mass is 16.2. The van der Waals surface area contributed by atoms with Gasteiger partial charge in [-0.05, 0) is 31.0 Å². The van der Waals surface area contributed by atoms with E-state index in [1.54, 1.807) is 6.07 Å². The van der Waals surface area contributed by atoms with Gasteiger partial charge in [-0.15, -0.1) is 0 Å². The molecular formula is C21H21N3O. The minimum atomic E-state index is -0.216. The lowest BCUT2D eigenvalue weighted by molar-refractivity contribution is 0.0956. The van der Waals surface area contributed by atoms with Crippen LogP contribution < -0.4 is 5.43 Å². The number of amides is 1. The number of carbonyl (C=O) groups is 1. The molecule has 0 aliphatic rings. The summed E-state index contributed by atoms with van der Waals surface area (Å²) in [5.41, 5.74) is 6.85. The minimum absolute atomic E-state index is 0.216. The summed E-state index contributed by atoms with van der Waals surface area (Å²) in [6.45, 7) is 3.99. The van der Waals surface area contributed by atoms with Gasteiger partial charge in [0.1, 0.15) is 0 Å². The number of para-hydroxylation sites is 1. The first-order valence-corrected chi connectivity index (χ1v) is 8.47. The predicted molar refractivity (Wildman–Crippen MR) is 102 cm³/mol. The van der Waals surface area contributed by atoms with E-state index in [0.29, 0.717) is 5.56 Å². The van der Waals surface area contributed by atoms with Crippen LogP contribution in [0.25, 0.3) is 10.9 Å². The van der Waals surface area contributed by atoms with Gasteiger partial charge in [-0.3, -0.25) is 9.78 Å². The normalized spacial score (nSPS) is 11.5. The average Bonchev–Trinajstić information content (AvgIpc) is 2.64. The zero-order chi connectivity index (χ0) is 17.6. The molecule has 3 aromatic rings. The summed E-state index contributed by atoms with van der Waals surface area (Å²) in [6, 6.07) is 19.4. The summed E-state index contributed by atoms with van der Waals surface area (Å²) in [7, 11) is 0. The Morgan fingerprint density at radius 2 is 1.80 bits per heavy atom. The van der Waals surface area contributed by atoms with Crippen molar-refractivity contribution in [2.24, 2.45) is 5.10 Å². The van der Waals surface area contributed by atoms with Gasteiger partial charge in [0.15, 0.2) is 0 Å². The number of fused-ring (bicyclic) bond motifs is 1. The monoisotopic (exact) mass is 331 g/mol. The van der Waals surface area contributed by atoms with Crippen LogP contribution in [0.4, 0.5) is 0 Å². The molecule has 0 atom stereocenters. The standard InChI is InChI=1S/C21H21N3O/c1-3-9-19(16-10-5-4-6-11-16)23-24-21(25)18-14-15(2)22-20-13-8-7-12-17(18)20/h4-8,10-14H,3,9H2,1-2H3,(H,24,25)/b23-19-. The number of benzene rings is 2. The van der Waals surface area contributed by atoms with Crippen LogP contribution in [0.3, 0.4) is 0 Å². The summed E-state index contributed by atoms with van der Waals surface area (Å²) in [6.07, 6.45) is 1.77. The molecule has 1 aromatic heterocycles. The second-order valence-electron chi connectivity index (χ2n) is 5.94. The second kappa shape index (κ2) is 7.71. The highest BCUT2D eigenvalue weighted by molar-refractivity contribution is 6.07. The molecule has 1 heterocycles. The van der Waals surface area contributed by atoms with Gasteiger partial charge in [0.25, 0.3) is 5.91 Å². The third kappa shape index (κ3) is 3.91. The van der Waals surface area contributed by atoms with Crippen LogP contribution in [0.1, 0.15) is 41.4 Å². The van der Waals surface area contributed by atoms with Crippen molar-refractivity contribution in [3.63, 3.8) is 0 Å². The van der Waals surface area contributed by atoms with E-state index >= 15 is 0 Å². The van der Waals surface area contributed by atoms with Gasteiger partial charge in [0.2, 0.25) is 0 Å². The molecule has 1 N–H and O–H groups in total. The molecule has 4 heteroatoms. The van der Waals surface area contributed by atoms with Gasteiger partial charge in [0.05, 0.1) is 16.8 Å². The molecule has 1 amide bonds. The van der Waals surface area contributed by atoms with Crippen LogP contribution in [0.2, 0.25) is 0 Å². The number of pyridine rings is 1. The number of aromatic nitrogens is 1. The van der Waals surface area contributed by atoms with E-state index in [2.05, 4.69) is 22.4 Å². The quantitative estimate of drug-likeness (QED) is 0.554. The van der Waals surface area contributed by atoms with Crippen molar-refractivity contribution in [2.45, 2.75) is 26.7 Å². The number of rotatable bonds is 5.